The molecule has 0 saturated carbocycles. The summed E-state index contributed by atoms with van der Waals surface area (Å²) in [6.07, 6.45) is 0.584. The molecule has 0 fully saturated rings. The summed E-state index contributed by atoms with van der Waals surface area (Å²) in [6, 6.07) is 0. The number of carbonyl (C=O) groups is 3. The van der Waals surface area contributed by atoms with Gasteiger partial charge in [0.1, 0.15) is 0 Å². The van der Waals surface area contributed by atoms with Gasteiger partial charge in [-0.15, -0.1) is 11.6 Å². The fourth-order valence-corrected chi connectivity index (χ4v) is 0.853. The SMILES string of the molecule is O=C(O)C(=O)CCCCCCl.O=C(O)O.[H-].[Na+]. The van der Waals surface area contributed by atoms with Gasteiger partial charge in [-0.25, -0.2) is 9.59 Å². The second kappa shape index (κ2) is 14.7. The Kier molecular flexibility index (Phi) is 19.3. The Morgan fingerprint density at radius 3 is 1.75 bits per heavy atom. The number of hydrogen-bond acceptors (Lipinski definition) is 3. The molecule has 0 heterocycles. The van der Waals surface area contributed by atoms with E-state index >= 15 is 0 Å². The topological polar surface area (TPSA) is 112 Å². The van der Waals surface area contributed by atoms with E-state index in [9.17, 15) is 9.59 Å². The van der Waals surface area contributed by atoms with Crippen molar-refractivity contribution in [1.82, 2.24) is 0 Å². The summed E-state index contributed by atoms with van der Waals surface area (Å²) in [6.45, 7) is 0. The number of ketones is 1. The van der Waals surface area contributed by atoms with Crippen LogP contribution in [-0.2, 0) is 9.59 Å². The van der Waals surface area contributed by atoms with Gasteiger partial charge in [0.15, 0.2) is 0 Å². The van der Waals surface area contributed by atoms with Crippen LogP contribution in [0.4, 0.5) is 4.79 Å². The minimum atomic E-state index is -1.83. The van der Waals surface area contributed by atoms with Crippen molar-refractivity contribution in [2.45, 2.75) is 25.7 Å². The minimum absolute atomic E-state index is 0. The van der Waals surface area contributed by atoms with Crippen LogP contribution in [0.5, 0.6) is 0 Å². The quantitative estimate of drug-likeness (QED) is 0.240. The van der Waals surface area contributed by atoms with E-state index in [4.69, 9.17) is 31.7 Å². The summed E-state index contributed by atoms with van der Waals surface area (Å²) in [5.74, 6) is -1.48. The normalized spacial score (nSPS) is 8.06. The first-order valence-corrected chi connectivity index (χ1v) is 4.69. The van der Waals surface area contributed by atoms with Crippen molar-refractivity contribution >= 4 is 29.5 Å². The minimum Gasteiger partial charge on any atom is -1.00 e. The number of carboxylic acids is 1. The van der Waals surface area contributed by atoms with Gasteiger partial charge < -0.3 is 16.7 Å². The Hall–Kier alpha value is -0.300. The third kappa shape index (κ3) is 23.5. The zero-order valence-electron chi connectivity index (χ0n) is 9.98. The molecular formula is C8H14ClNaO6. The van der Waals surface area contributed by atoms with Crippen molar-refractivity contribution in [3.8, 4) is 0 Å². The average Bonchev–Trinajstić information content (AvgIpc) is 2.11. The van der Waals surface area contributed by atoms with Gasteiger partial charge in [0.05, 0.1) is 0 Å². The van der Waals surface area contributed by atoms with E-state index in [1.54, 1.807) is 0 Å². The Morgan fingerprint density at radius 1 is 1.00 bits per heavy atom. The van der Waals surface area contributed by atoms with E-state index in [1.807, 2.05) is 0 Å². The molecule has 90 valence electrons. The van der Waals surface area contributed by atoms with Crippen LogP contribution in [-0.4, -0.2) is 39.1 Å². The number of carboxylic acid groups (broad SMARTS) is 3. The molecule has 0 aliphatic carbocycles. The zero-order chi connectivity index (χ0) is 12.3. The molecule has 6 nitrogen and oxygen atoms in total. The van der Waals surface area contributed by atoms with Gasteiger partial charge in [-0.3, -0.25) is 4.79 Å². The molecule has 0 amide bonds. The molecule has 0 aromatic carbocycles. The number of Topliss-reactive ketones (excluding diaryl/α,β-unsaturated/α-hetero) is 1. The largest absolute Gasteiger partial charge is 1.00 e. The zero-order valence-corrected chi connectivity index (χ0v) is 11.7. The maximum Gasteiger partial charge on any atom is 1.00 e. The van der Waals surface area contributed by atoms with Gasteiger partial charge in [-0.1, -0.05) is 6.42 Å². The average molecular weight is 265 g/mol. The van der Waals surface area contributed by atoms with Gasteiger partial charge in [0.25, 0.3) is 0 Å². The molecule has 0 aliphatic rings. The number of alkyl halides is 1. The van der Waals surface area contributed by atoms with Gasteiger partial charge in [-0.05, 0) is 12.8 Å². The maximum absolute atomic E-state index is 10.5. The summed E-state index contributed by atoms with van der Waals surface area (Å²) < 4.78 is 0. The van der Waals surface area contributed by atoms with Crippen molar-refractivity contribution in [2.75, 3.05) is 5.88 Å². The molecule has 0 aliphatic heterocycles. The molecule has 0 saturated heterocycles. The Bertz CT molecular complexity index is 222. The first-order valence-electron chi connectivity index (χ1n) is 4.15. The van der Waals surface area contributed by atoms with E-state index in [-0.39, 0.29) is 37.4 Å². The van der Waals surface area contributed by atoms with Crippen molar-refractivity contribution in [3.63, 3.8) is 0 Å². The molecule has 0 bridgehead atoms. The van der Waals surface area contributed by atoms with E-state index in [2.05, 4.69) is 0 Å². The molecule has 0 rings (SSSR count). The van der Waals surface area contributed by atoms with Crippen LogP contribution in [0.2, 0.25) is 0 Å². The van der Waals surface area contributed by atoms with Gasteiger partial charge in [-0.2, -0.15) is 0 Å². The predicted octanol–water partition coefficient (Wildman–Crippen LogP) is -1.22. The smallest absolute Gasteiger partial charge is 1.00 e. The number of hydrogen-bond donors (Lipinski definition) is 3. The molecule has 3 N–H and O–H groups in total. The van der Waals surface area contributed by atoms with Crippen LogP contribution in [0.15, 0.2) is 0 Å². The van der Waals surface area contributed by atoms with Gasteiger partial charge >= 0.3 is 41.7 Å². The maximum atomic E-state index is 10.5. The summed E-state index contributed by atoms with van der Waals surface area (Å²) in [7, 11) is 0. The van der Waals surface area contributed by atoms with E-state index in [0.29, 0.717) is 12.3 Å². The first-order chi connectivity index (χ1) is 6.91. The molecule has 0 unspecified atom stereocenters. The van der Waals surface area contributed by atoms with Crippen LogP contribution in [0.25, 0.3) is 0 Å². The number of unbranched alkanes of at least 4 members (excludes halogenated alkanes) is 2. The van der Waals surface area contributed by atoms with Crippen molar-refractivity contribution < 1.29 is 60.7 Å². The van der Waals surface area contributed by atoms with Crippen LogP contribution in [0.3, 0.4) is 0 Å². The summed E-state index contributed by atoms with van der Waals surface area (Å²) in [5.41, 5.74) is 0. The molecule has 0 aromatic heterocycles. The van der Waals surface area contributed by atoms with E-state index in [0.717, 1.165) is 12.8 Å². The van der Waals surface area contributed by atoms with E-state index in [1.165, 1.54) is 0 Å². The number of aliphatic carboxylic acids is 1. The van der Waals surface area contributed by atoms with Crippen molar-refractivity contribution in [2.24, 2.45) is 0 Å². The molecule has 16 heavy (non-hydrogen) atoms. The van der Waals surface area contributed by atoms with Crippen LogP contribution in [0.1, 0.15) is 27.1 Å². The van der Waals surface area contributed by atoms with Crippen LogP contribution >= 0.6 is 11.6 Å². The fourth-order valence-electron chi connectivity index (χ4n) is 0.664. The Labute approximate surface area is 121 Å². The fraction of sp³-hybridized carbons (Fsp3) is 0.625. The third-order valence-corrected chi connectivity index (χ3v) is 1.54. The molecular weight excluding hydrogens is 251 g/mol. The molecule has 8 heteroatoms. The van der Waals surface area contributed by atoms with Crippen LogP contribution < -0.4 is 29.6 Å². The first kappa shape index (κ1) is 21.0. The summed E-state index contributed by atoms with van der Waals surface area (Å²) in [5, 5.41) is 22.1. The van der Waals surface area contributed by atoms with Crippen molar-refractivity contribution in [1.29, 1.82) is 0 Å². The van der Waals surface area contributed by atoms with E-state index < -0.39 is 17.9 Å². The number of carbonyl (C=O) groups excluding carboxylic acids is 1. The monoisotopic (exact) mass is 264 g/mol. The Morgan fingerprint density at radius 2 is 1.44 bits per heavy atom. The van der Waals surface area contributed by atoms with Gasteiger partial charge in [0.2, 0.25) is 5.78 Å². The second-order valence-electron chi connectivity index (χ2n) is 2.51. The number of rotatable bonds is 6. The molecule has 0 atom stereocenters. The standard InChI is InChI=1S/C7H11ClO3.CH2O3.Na.H/c8-5-3-1-2-4-6(9)7(10)11;2-1(3)4;;/h1-5H2,(H,10,11);(H2,2,3,4);;/q;;+1;-1. The van der Waals surface area contributed by atoms with Crippen molar-refractivity contribution in [3.05, 3.63) is 0 Å². The predicted molar refractivity (Wildman–Crippen MR) is 53.6 cm³/mol. The second-order valence-corrected chi connectivity index (χ2v) is 2.89. The summed E-state index contributed by atoms with van der Waals surface area (Å²) >= 11 is 5.38. The van der Waals surface area contributed by atoms with Gasteiger partial charge in [0, 0.05) is 12.3 Å². The molecule has 0 aromatic rings. The van der Waals surface area contributed by atoms with Crippen LogP contribution in [0, 0.1) is 0 Å². The summed E-state index contributed by atoms with van der Waals surface area (Å²) in [4.78, 5) is 29.0. The molecule has 0 radical (unpaired) electrons. The third-order valence-electron chi connectivity index (χ3n) is 1.28. The Balaban J connectivity index is -0.000000123. The number of halogens is 1. The molecule has 0 spiro atoms.